The highest BCUT2D eigenvalue weighted by Crippen LogP contribution is 2.23. The highest BCUT2D eigenvalue weighted by Gasteiger charge is 2.24. The predicted octanol–water partition coefficient (Wildman–Crippen LogP) is 2.65. The van der Waals surface area contributed by atoms with E-state index in [1.807, 2.05) is 4.90 Å². The van der Waals surface area contributed by atoms with Crippen LogP contribution in [-0.2, 0) is 4.79 Å². The minimum atomic E-state index is -0.551. The third-order valence-corrected chi connectivity index (χ3v) is 4.02. The maximum absolute atomic E-state index is 13.6. The summed E-state index contributed by atoms with van der Waals surface area (Å²) < 4.78 is 13.6. The number of carbonyl (C=O) groups is 1. The van der Waals surface area contributed by atoms with Gasteiger partial charge >= 0.3 is 0 Å². The van der Waals surface area contributed by atoms with E-state index < -0.39 is 5.82 Å². The lowest BCUT2D eigenvalue weighted by atomic mass is 10.2. The lowest BCUT2D eigenvalue weighted by molar-refractivity contribution is -0.118. The zero-order chi connectivity index (χ0) is 15.2. The van der Waals surface area contributed by atoms with Gasteiger partial charge in [-0.1, -0.05) is 24.4 Å². The summed E-state index contributed by atoms with van der Waals surface area (Å²) >= 11 is 5.68. The first-order chi connectivity index (χ1) is 10.1. The number of aliphatic hydroxyl groups excluding tert-OH is 1. The number of benzene rings is 1. The molecule has 6 heteroatoms. The van der Waals surface area contributed by atoms with Crippen molar-refractivity contribution in [1.29, 1.82) is 0 Å². The van der Waals surface area contributed by atoms with Crippen LogP contribution in [0.5, 0.6) is 0 Å². The van der Waals surface area contributed by atoms with Crippen molar-refractivity contribution < 1.29 is 14.3 Å². The van der Waals surface area contributed by atoms with Gasteiger partial charge in [0, 0.05) is 17.6 Å². The van der Waals surface area contributed by atoms with E-state index in [4.69, 9.17) is 16.7 Å². The molecular weight excluding hydrogens is 295 g/mol. The SMILES string of the molecule is O=C(CN(CCO)C1CCCC1)Nc1ccc(Cl)cc1F. The van der Waals surface area contributed by atoms with Gasteiger partial charge in [0.25, 0.3) is 0 Å². The summed E-state index contributed by atoms with van der Waals surface area (Å²) in [6.07, 6.45) is 4.39. The van der Waals surface area contributed by atoms with Crippen molar-refractivity contribution in [2.24, 2.45) is 0 Å². The van der Waals surface area contributed by atoms with Crippen molar-refractivity contribution in [2.45, 2.75) is 31.7 Å². The van der Waals surface area contributed by atoms with E-state index in [1.165, 1.54) is 18.2 Å². The van der Waals surface area contributed by atoms with Crippen LogP contribution in [0.4, 0.5) is 10.1 Å². The van der Waals surface area contributed by atoms with Gasteiger partial charge in [0.15, 0.2) is 0 Å². The molecule has 116 valence electrons. The van der Waals surface area contributed by atoms with E-state index >= 15 is 0 Å². The fraction of sp³-hybridized carbons (Fsp3) is 0.533. The summed E-state index contributed by atoms with van der Waals surface area (Å²) in [5, 5.41) is 12.0. The summed E-state index contributed by atoms with van der Waals surface area (Å²) in [6.45, 7) is 0.633. The van der Waals surface area contributed by atoms with Crippen molar-refractivity contribution in [3.8, 4) is 0 Å². The molecule has 0 saturated heterocycles. The van der Waals surface area contributed by atoms with Crippen molar-refractivity contribution in [3.05, 3.63) is 29.0 Å². The smallest absolute Gasteiger partial charge is 0.238 e. The second-order valence-corrected chi connectivity index (χ2v) is 5.74. The molecule has 2 N–H and O–H groups in total. The highest BCUT2D eigenvalue weighted by atomic mass is 35.5. The van der Waals surface area contributed by atoms with Crippen LogP contribution in [0.1, 0.15) is 25.7 Å². The normalized spacial score (nSPS) is 15.6. The first-order valence-corrected chi connectivity index (χ1v) is 7.58. The van der Waals surface area contributed by atoms with E-state index in [0.29, 0.717) is 17.6 Å². The Morgan fingerprint density at radius 3 is 2.76 bits per heavy atom. The molecule has 1 aliphatic carbocycles. The molecule has 1 aromatic carbocycles. The number of halogens is 2. The van der Waals surface area contributed by atoms with Gasteiger partial charge in [-0.05, 0) is 31.0 Å². The minimum absolute atomic E-state index is 0.0130. The fourth-order valence-corrected chi connectivity index (χ4v) is 2.91. The third-order valence-electron chi connectivity index (χ3n) is 3.78. The van der Waals surface area contributed by atoms with Crippen LogP contribution in [-0.4, -0.2) is 41.7 Å². The molecule has 0 spiro atoms. The van der Waals surface area contributed by atoms with Gasteiger partial charge in [-0.3, -0.25) is 9.69 Å². The molecule has 0 unspecified atom stereocenters. The number of hydrogen-bond acceptors (Lipinski definition) is 3. The molecule has 21 heavy (non-hydrogen) atoms. The Hall–Kier alpha value is -1.17. The number of rotatable bonds is 6. The van der Waals surface area contributed by atoms with Crippen LogP contribution in [0.25, 0.3) is 0 Å². The molecule has 0 atom stereocenters. The molecule has 0 aromatic heterocycles. The van der Waals surface area contributed by atoms with Gasteiger partial charge in [0.1, 0.15) is 5.82 Å². The number of amides is 1. The zero-order valence-corrected chi connectivity index (χ0v) is 12.6. The van der Waals surface area contributed by atoms with Gasteiger partial charge in [-0.15, -0.1) is 0 Å². The van der Waals surface area contributed by atoms with E-state index in [-0.39, 0.29) is 24.7 Å². The summed E-state index contributed by atoms with van der Waals surface area (Å²) in [6, 6.07) is 4.47. The minimum Gasteiger partial charge on any atom is -0.395 e. The van der Waals surface area contributed by atoms with Gasteiger partial charge in [-0.2, -0.15) is 0 Å². The first-order valence-electron chi connectivity index (χ1n) is 7.20. The Kier molecular flexibility index (Phi) is 5.96. The average Bonchev–Trinajstić information content (AvgIpc) is 2.95. The topological polar surface area (TPSA) is 52.6 Å². The summed E-state index contributed by atoms with van der Waals surface area (Å²) in [5.41, 5.74) is 0.125. The molecule has 0 radical (unpaired) electrons. The lowest BCUT2D eigenvalue weighted by Crippen LogP contribution is -2.41. The maximum atomic E-state index is 13.6. The Bertz CT molecular complexity index is 493. The van der Waals surface area contributed by atoms with Crippen LogP contribution in [0.2, 0.25) is 5.02 Å². The van der Waals surface area contributed by atoms with Gasteiger partial charge < -0.3 is 10.4 Å². The number of nitrogens with one attached hydrogen (secondary N) is 1. The molecule has 1 saturated carbocycles. The molecule has 1 amide bonds. The van der Waals surface area contributed by atoms with E-state index in [9.17, 15) is 9.18 Å². The maximum Gasteiger partial charge on any atom is 0.238 e. The molecule has 1 fully saturated rings. The number of carbonyl (C=O) groups excluding carboxylic acids is 1. The van der Waals surface area contributed by atoms with Crippen molar-refractivity contribution >= 4 is 23.2 Å². The monoisotopic (exact) mass is 314 g/mol. The molecule has 1 aromatic rings. The molecule has 0 heterocycles. The Morgan fingerprint density at radius 1 is 1.43 bits per heavy atom. The zero-order valence-electron chi connectivity index (χ0n) is 11.8. The van der Waals surface area contributed by atoms with Crippen LogP contribution in [0.15, 0.2) is 18.2 Å². The van der Waals surface area contributed by atoms with Crippen LogP contribution in [0.3, 0.4) is 0 Å². The van der Waals surface area contributed by atoms with Gasteiger partial charge in [0.2, 0.25) is 5.91 Å². The fourth-order valence-electron chi connectivity index (χ4n) is 2.75. The van der Waals surface area contributed by atoms with Crippen LogP contribution >= 0.6 is 11.6 Å². The third kappa shape index (κ3) is 4.66. The molecule has 1 aliphatic rings. The lowest BCUT2D eigenvalue weighted by Gasteiger charge is -2.27. The first kappa shape index (κ1) is 16.2. The molecular formula is C15H20ClFN2O2. The molecule has 0 bridgehead atoms. The van der Waals surface area contributed by atoms with Crippen LogP contribution in [0, 0.1) is 5.82 Å². The summed E-state index contributed by atoms with van der Waals surface area (Å²) in [4.78, 5) is 14.0. The standard InChI is InChI=1S/C15H20ClFN2O2/c16-11-5-6-14(13(17)9-11)18-15(21)10-19(7-8-20)12-3-1-2-4-12/h5-6,9,12,20H,1-4,7-8,10H2,(H,18,21). The number of nitrogens with zero attached hydrogens (tertiary/aromatic N) is 1. The van der Waals surface area contributed by atoms with E-state index in [2.05, 4.69) is 5.32 Å². The number of aliphatic hydroxyl groups is 1. The van der Waals surface area contributed by atoms with E-state index in [0.717, 1.165) is 25.7 Å². The van der Waals surface area contributed by atoms with Gasteiger partial charge in [-0.25, -0.2) is 4.39 Å². The largest absolute Gasteiger partial charge is 0.395 e. The highest BCUT2D eigenvalue weighted by molar-refractivity contribution is 6.30. The predicted molar refractivity (Wildman–Crippen MR) is 81.0 cm³/mol. The Morgan fingerprint density at radius 2 is 2.14 bits per heavy atom. The molecule has 4 nitrogen and oxygen atoms in total. The number of anilines is 1. The van der Waals surface area contributed by atoms with Gasteiger partial charge in [0.05, 0.1) is 18.8 Å². The summed E-state index contributed by atoms with van der Waals surface area (Å²) in [7, 11) is 0. The van der Waals surface area contributed by atoms with Crippen molar-refractivity contribution in [1.82, 2.24) is 4.90 Å². The molecule has 2 rings (SSSR count). The number of hydrogen-bond donors (Lipinski definition) is 2. The van der Waals surface area contributed by atoms with Crippen LogP contribution < -0.4 is 5.32 Å². The van der Waals surface area contributed by atoms with E-state index in [1.54, 1.807) is 0 Å². The summed E-state index contributed by atoms with van der Waals surface area (Å²) in [5.74, 6) is -0.831. The second kappa shape index (κ2) is 7.73. The molecule has 0 aliphatic heterocycles. The quantitative estimate of drug-likeness (QED) is 0.849. The average molecular weight is 315 g/mol. The van der Waals surface area contributed by atoms with Crippen molar-refractivity contribution in [3.63, 3.8) is 0 Å². The second-order valence-electron chi connectivity index (χ2n) is 5.30. The Balaban J connectivity index is 1.95. The Labute approximate surface area is 128 Å². The van der Waals surface area contributed by atoms with Crippen molar-refractivity contribution in [2.75, 3.05) is 25.0 Å².